The number of rotatable bonds is 10. The van der Waals surface area contributed by atoms with Crippen LogP contribution < -0.4 is 0 Å². The number of carbonyl (C=O) groups is 1. The Morgan fingerprint density at radius 2 is 1.12 bits per heavy atom. The normalized spacial score (nSPS) is 12.3. The molecule has 0 aliphatic heterocycles. The molecular formula is C31H30O3. The molecule has 0 amide bonds. The van der Waals surface area contributed by atoms with E-state index in [2.05, 4.69) is 24.3 Å². The Hall–Kier alpha value is -3.53. The number of ether oxygens (including phenoxy) is 2. The second kappa shape index (κ2) is 11.1. The summed E-state index contributed by atoms with van der Waals surface area (Å²) in [6.45, 7) is 4.53. The van der Waals surface area contributed by atoms with Crippen molar-refractivity contribution in [3.63, 3.8) is 0 Å². The van der Waals surface area contributed by atoms with Gasteiger partial charge in [0.05, 0.1) is 13.2 Å². The molecular weight excluding hydrogens is 420 g/mol. The molecule has 0 saturated heterocycles. The van der Waals surface area contributed by atoms with E-state index < -0.39 is 5.60 Å². The van der Waals surface area contributed by atoms with Gasteiger partial charge >= 0.3 is 0 Å². The Balaban J connectivity index is 1.49. The van der Waals surface area contributed by atoms with Crippen molar-refractivity contribution in [1.29, 1.82) is 0 Å². The Morgan fingerprint density at radius 1 is 0.647 bits per heavy atom. The molecule has 4 rings (SSSR count). The first-order valence-corrected chi connectivity index (χ1v) is 11.6. The van der Waals surface area contributed by atoms with Crippen molar-refractivity contribution in [1.82, 2.24) is 0 Å². The van der Waals surface area contributed by atoms with E-state index in [0.717, 1.165) is 22.3 Å². The van der Waals surface area contributed by atoms with Gasteiger partial charge in [-0.2, -0.15) is 0 Å². The monoisotopic (exact) mass is 450 g/mol. The molecule has 0 N–H and O–H groups in total. The van der Waals surface area contributed by atoms with Crippen LogP contribution in [-0.2, 0) is 22.7 Å². The average Bonchev–Trinajstić information content (AvgIpc) is 2.89. The van der Waals surface area contributed by atoms with Crippen molar-refractivity contribution in [2.24, 2.45) is 0 Å². The lowest BCUT2D eigenvalue weighted by atomic mass is 9.94. The molecule has 1 atom stereocenters. The highest BCUT2D eigenvalue weighted by Gasteiger charge is 2.30. The van der Waals surface area contributed by atoms with Crippen molar-refractivity contribution in [2.45, 2.75) is 38.8 Å². The van der Waals surface area contributed by atoms with Crippen molar-refractivity contribution >= 4 is 5.78 Å². The van der Waals surface area contributed by atoms with Gasteiger partial charge in [0.1, 0.15) is 11.7 Å². The fourth-order valence-electron chi connectivity index (χ4n) is 3.83. The highest BCUT2D eigenvalue weighted by Crippen LogP contribution is 2.28. The van der Waals surface area contributed by atoms with Crippen LogP contribution in [0.3, 0.4) is 0 Å². The van der Waals surface area contributed by atoms with Gasteiger partial charge in [-0.3, -0.25) is 4.79 Å². The molecule has 3 heteroatoms. The third-order valence-electron chi connectivity index (χ3n) is 5.83. The fraction of sp³-hybridized carbons (Fsp3) is 0.194. The molecule has 0 aromatic heterocycles. The van der Waals surface area contributed by atoms with Gasteiger partial charge in [-0.05, 0) is 36.1 Å². The van der Waals surface area contributed by atoms with Gasteiger partial charge < -0.3 is 9.47 Å². The van der Waals surface area contributed by atoms with Gasteiger partial charge in [0.2, 0.25) is 0 Å². The third kappa shape index (κ3) is 6.07. The lowest BCUT2D eigenvalue weighted by molar-refractivity contribution is -0.0135. The van der Waals surface area contributed by atoms with Gasteiger partial charge in [0.15, 0.2) is 5.78 Å². The first-order chi connectivity index (χ1) is 16.5. The Bertz CT molecular complexity index is 1170. The standard InChI is InChI=1S/C31H30O3/c1-31(2,34-23-25-14-8-4-9-15-25)30(32)28-20-18-27(19-21-28)29(26-16-10-5-11-17-26)33-22-24-12-6-3-7-13-24/h3-21,29H,22-23H2,1-2H3. The summed E-state index contributed by atoms with van der Waals surface area (Å²) >= 11 is 0. The van der Waals surface area contributed by atoms with Crippen molar-refractivity contribution in [3.8, 4) is 0 Å². The van der Waals surface area contributed by atoms with Gasteiger partial charge in [0, 0.05) is 5.56 Å². The van der Waals surface area contributed by atoms with Crippen LogP contribution in [0.1, 0.15) is 52.6 Å². The molecule has 0 fully saturated rings. The molecule has 1 unspecified atom stereocenters. The number of benzene rings is 4. The van der Waals surface area contributed by atoms with Crippen molar-refractivity contribution < 1.29 is 14.3 Å². The van der Waals surface area contributed by atoms with Crippen LogP contribution in [0.2, 0.25) is 0 Å². The molecule has 0 spiro atoms. The number of carbonyl (C=O) groups excluding carboxylic acids is 1. The zero-order chi connectivity index (χ0) is 23.8. The highest BCUT2D eigenvalue weighted by atomic mass is 16.5. The quantitative estimate of drug-likeness (QED) is 0.240. The second-order valence-electron chi connectivity index (χ2n) is 8.82. The minimum absolute atomic E-state index is 0.0450. The van der Waals surface area contributed by atoms with Gasteiger partial charge in [-0.15, -0.1) is 0 Å². The van der Waals surface area contributed by atoms with Crippen LogP contribution in [0.25, 0.3) is 0 Å². The van der Waals surface area contributed by atoms with E-state index in [0.29, 0.717) is 18.8 Å². The van der Waals surface area contributed by atoms with Crippen LogP contribution in [0.15, 0.2) is 115 Å². The summed E-state index contributed by atoms with van der Waals surface area (Å²) in [6, 6.07) is 37.9. The largest absolute Gasteiger partial charge is 0.364 e. The molecule has 4 aromatic carbocycles. The van der Waals surface area contributed by atoms with E-state index in [1.807, 2.05) is 105 Å². The fourth-order valence-corrected chi connectivity index (χ4v) is 3.83. The summed E-state index contributed by atoms with van der Waals surface area (Å²) in [6.07, 6.45) is -0.229. The van der Waals surface area contributed by atoms with E-state index in [1.54, 1.807) is 0 Å². The molecule has 3 nitrogen and oxygen atoms in total. The van der Waals surface area contributed by atoms with E-state index >= 15 is 0 Å². The topological polar surface area (TPSA) is 35.5 Å². The minimum atomic E-state index is -0.931. The number of Topliss-reactive ketones (excluding diaryl/α,β-unsaturated/α-hetero) is 1. The molecule has 0 bridgehead atoms. The molecule has 34 heavy (non-hydrogen) atoms. The maximum absolute atomic E-state index is 13.2. The van der Waals surface area contributed by atoms with Gasteiger partial charge in [-0.1, -0.05) is 115 Å². The number of hydrogen-bond donors (Lipinski definition) is 0. The summed E-state index contributed by atoms with van der Waals surface area (Å²) in [5, 5.41) is 0. The van der Waals surface area contributed by atoms with Crippen LogP contribution in [0.4, 0.5) is 0 Å². The maximum Gasteiger partial charge on any atom is 0.194 e. The first-order valence-electron chi connectivity index (χ1n) is 11.6. The van der Waals surface area contributed by atoms with Crippen LogP contribution in [0, 0.1) is 0 Å². The van der Waals surface area contributed by atoms with Crippen LogP contribution >= 0.6 is 0 Å². The minimum Gasteiger partial charge on any atom is -0.364 e. The summed E-state index contributed by atoms with van der Waals surface area (Å²) < 4.78 is 12.3. The molecule has 0 aliphatic rings. The molecule has 0 radical (unpaired) electrons. The van der Waals surface area contributed by atoms with Crippen molar-refractivity contribution in [2.75, 3.05) is 0 Å². The van der Waals surface area contributed by atoms with E-state index in [4.69, 9.17) is 9.47 Å². The van der Waals surface area contributed by atoms with Crippen molar-refractivity contribution in [3.05, 3.63) is 143 Å². The Labute approximate surface area is 202 Å². The summed E-state index contributed by atoms with van der Waals surface area (Å²) in [4.78, 5) is 13.2. The van der Waals surface area contributed by atoms with Crippen LogP contribution in [-0.4, -0.2) is 11.4 Å². The maximum atomic E-state index is 13.2. The number of ketones is 1. The smallest absolute Gasteiger partial charge is 0.194 e. The Kier molecular flexibility index (Phi) is 7.69. The third-order valence-corrected chi connectivity index (χ3v) is 5.83. The molecule has 0 aliphatic carbocycles. The zero-order valence-corrected chi connectivity index (χ0v) is 19.7. The molecule has 0 saturated carbocycles. The van der Waals surface area contributed by atoms with Crippen LogP contribution in [0.5, 0.6) is 0 Å². The molecule has 4 aromatic rings. The first kappa shape index (κ1) is 23.6. The summed E-state index contributed by atoms with van der Waals surface area (Å²) in [5.41, 5.74) is 3.93. The lowest BCUT2D eigenvalue weighted by Gasteiger charge is -2.24. The number of hydrogen-bond acceptors (Lipinski definition) is 3. The lowest BCUT2D eigenvalue weighted by Crippen LogP contribution is -2.35. The molecule has 0 heterocycles. The predicted molar refractivity (Wildman–Crippen MR) is 136 cm³/mol. The van der Waals surface area contributed by atoms with Gasteiger partial charge in [-0.25, -0.2) is 0 Å². The van der Waals surface area contributed by atoms with Gasteiger partial charge in [0.25, 0.3) is 0 Å². The highest BCUT2D eigenvalue weighted by molar-refractivity contribution is 6.02. The summed E-state index contributed by atoms with van der Waals surface area (Å²) in [7, 11) is 0. The van der Waals surface area contributed by atoms with E-state index in [-0.39, 0.29) is 11.9 Å². The summed E-state index contributed by atoms with van der Waals surface area (Å²) in [5.74, 6) is -0.0450. The van der Waals surface area contributed by atoms with E-state index in [1.165, 1.54) is 0 Å². The molecule has 172 valence electrons. The zero-order valence-electron chi connectivity index (χ0n) is 19.7. The average molecular weight is 451 g/mol. The second-order valence-corrected chi connectivity index (χ2v) is 8.82. The predicted octanol–water partition coefficient (Wildman–Crippen LogP) is 7.17. The van der Waals surface area contributed by atoms with E-state index in [9.17, 15) is 4.79 Å². The Morgan fingerprint density at radius 3 is 1.68 bits per heavy atom. The SMILES string of the molecule is CC(C)(OCc1ccccc1)C(=O)c1ccc(C(OCc2ccccc2)c2ccccc2)cc1.